The Morgan fingerprint density at radius 2 is 2.17 bits per heavy atom. The highest BCUT2D eigenvalue weighted by Gasteiger charge is 2.15. The lowest BCUT2D eigenvalue weighted by atomic mass is 10.1. The average molecular weight is 326 g/mol. The molecule has 1 N–H and O–H groups in total. The van der Waals surface area contributed by atoms with Crippen LogP contribution in [0.3, 0.4) is 0 Å². The van der Waals surface area contributed by atoms with Crippen molar-refractivity contribution < 1.29 is 9.32 Å². The van der Waals surface area contributed by atoms with Crippen LogP contribution in [0.2, 0.25) is 0 Å². The fourth-order valence-electron chi connectivity index (χ4n) is 2.44. The number of rotatable bonds is 3. The number of amides is 1. The molecule has 1 amide bonds. The predicted octanol–water partition coefficient (Wildman–Crippen LogP) is 3.20. The zero-order valence-corrected chi connectivity index (χ0v) is 13.3. The quantitative estimate of drug-likeness (QED) is 0.800. The first-order valence-corrected chi connectivity index (χ1v) is 8.23. The van der Waals surface area contributed by atoms with Crippen molar-refractivity contribution in [2.24, 2.45) is 0 Å². The van der Waals surface area contributed by atoms with Gasteiger partial charge >= 0.3 is 0 Å². The molecule has 0 atom stereocenters. The van der Waals surface area contributed by atoms with E-state index in [9.17, 15) is 4.79 Å². The number of nitrogens with zero attached hydrogens (tertiary/aromatic N) is 3. The second-order valence-electron chi connectivity index (χ2n) is 5.30. The van der Waals surface area contributed by atoms with Gasteiger partial charge in [0.1, 0.15) is 5.76 Å². The molecular weight excluding hydrogens is 312 g/mol. The van der Waals surface area contributed by atoms with Gasteiger partial charge in [-0.2, -0.15) is 0 Å². The molecule has 0 unspecified atom stereocenters. The summed E-state index contributed by atoms with van der Waals surface area (Å²) in [4.78, 5) is 16.6. The van der Waals surface area contributed by atoms with Crippen molar-refractivity contribution in [3.8, 4) is 11.3 Å². The maximum atomic E-state index is 12.0. The molecule has 1 aromatic carbocycles. The Hall–Kier alpha value is -2.54. The zero-order valence-electron chi connectivity index (χ0n) is 12.4. The van der Waals surface area contributed by atoms with Gasteiger partial charge in [-0.25, -0.2) is 4.98 Å². The number of benzene rings is 1. The van der Waals surface area contributed by atoms with Gasteiger partial charge in [0.25, 0.3) is 5.91 Å². The molecule has 7 heteroatoms. The van der Waals surface area contributed by atoms with E-state index in [4.69, 9.17) is 4.52 Å². The lowest BCUT2D eigenvalue weighted by molar-refractivity contribution is 0.101. The van der Waals surface area contributed by atoms with Crippen molar-refractivity contribution in [2.75, 3.05) is 11.1 Å². The van der Waals surface area contributed by atoms with E-state index in [0.717, 1.165) is 28.7 Å². The summed E-state index contributed by atoms with van der Waals surface area (Å²) < 4.78 is 7.08. The van der Waals surface area contributed by atoms with Gasteiger partial charge in [0.15, 0.2) is 10.9 Å². The first kappa shape index (κ1) is 14.1. The maximum absolute atomic E-state index is 12.0. The minimum atomic E-state index is -0.285. The number of hydrogen-bond donors (Lipinski definition) is 1. The molecule has 2 aromatic heterocycles. The summed E-state index contributed by atoms with van der Waals surface area (Å²) in [6, 6.07) is 9.22. The summed E-state index contributed by atoms with van der Waals surface area (Å²) in [6.07, 6.45) is 2.07. The van der Waals surface area contributed by atoms with Gasteiger partial charge in [-0.15, -0.1) is 0 Å². The number of imidazole rings is 1. The van der Waals surface area contributed by atoms with E-state index < -0.39 is 0 Å². The van der Waals surface area contributed by atoms with Crippen LogP contribution in [0, 0.1) is 6.92 Å². The summed E-state index contributed by atoms with van der Waals surface area (Å²) in [5.74, 6) is 1.41. The Kier molecular flexibility index (Phi) is 3.42. The Morgan fingerprint density at radius 1 is 1.35 bits per heavy atom. The maximum Gasteiger partial charge on any atom is 0.277 e. The van der Waals surface area contributed by atoms with Crippen LogP contribution < -0.4 is 5.32 Å². The van der Waals surface area contributed by atoms with Crippen LogP contribution in [0.25, 0.3) is 11.3 Å². The number of thioether (sulfide) groups is 1. The third kappa shape index (κ3) is 2.75. The molecule has 116 valence electrons. The van der Waals surface area contributed by atoms with Crippen LogP contribution in [0.15, 0.2) is 46.2 Å². The number of hydrogen-bond acceptors (Lipinski definition) is 5. The molecular formula is C16H14N4O2S. The van der Waals surface area contributed by atoms with Crippen LogP contribution in [-0.4, -0.2) is 26.4 Å². The lowest BCUT2D eigenvalue weighted by Gasteiger charge is -2.04. The van der Waals surface area contributed by atoms with Crippen LogP contribution in [0.5, 0.6) is 0 Å². The van der Waals surface area contributed by atoms with Gasteiger partial charge in [0.05, 0.1) is 5.69 Å². The third-order valence-electron chi connectivity index (χ3n) is 3.60. The van der Waals surface area contributed by atoms with Crippen molar-refractivity contribution >= 4 is 23.4 Å². The van der Waals surface area contributed by atoms with Gasteiger partial charge < -0.3 is 14.4 Å². The molecule has 0 aliphatic carbocycles. The highest BCUT2D eigenvalue weighted by molar-refractivity contribution is 7.99. The van der Waals surface area contributed by atoms with Crippen LogP contribution in [0.4, 0.5) is 5.69 Å². The Bertz CT molecular complexity index is 845. The molecule has 0 saturated carbocycles. The van der Waals surface area contributed by atoms with Gasteiger partial charge in [-0.05, 0) is 19.1 Å². The van der Waals surface area contributed by atoms with Crippen molar-refractivity contribution in [1.29, 1.82) is 0 Å². The van der Waals surface area contributed by atoms with Gasteiger partial charge in [-0.1, -0.05) is 29.1 Å². The van der Waals surface area contributed by atoms with Crippen molar-refractivity contribution in [2.45, 2.75) is 18.6 Å². The standard InChI is InChI=1S/C16H14N4O2S/c1-10-8-13(19-22-10)15(21)17-12-4-2-11(3-5-12)14-9-20-6-7-23-16(20)18-14/h2-5,8-9H,6-7H2,1H3,(H,17,21). The molecule has 1 aliphatic rings. The summed E-state index contributed by atoms with van der Waals surface area (Å²) in [5, 5.41) is 7.57. The second-order valence-corrected chi connectivity index (χ2v) is 6.37. The number of anilines is 1. The predicted molar refractivity (Wildman–Crippen MR) is 87.6 cm³/mol. The highest BCUT2D eigenvalue weighted by atomic mass is 32.2. The second kappa shape index (κ2) is 5.58. The van der Waals surface area contributed by atoms with E-state index in [1.54, 1.807) is 24.8 Å². The van der Waals surface area contributed by atoms with Gasteiger partial charge in [0, 0.05) is 35.8 Å². The van der Waals surface area contributed by atoms with E-state index in [1.807, 2.05) is 24.3 Å². The smallest absolute Gasteiger partial charge is 0.277 e. The summed E-state index contributed by atoms with van der Waals surface area (Å²) in [6.45, 7) is 2.76. The fourth-order valence-corrected chi connectivity index (χ4v) is 3.38. The first-order valence-electron chi connectivity index (χ1n) is 7.24. The molecule has 4 rings (SSSR count). The van der Waals surface area contributed by atoms with E-state index in [1.165, 1.54) is 0 Å². The molecule has 0 fully saturated rings. The molecule has 0 spiro atoms. The highest BCUT2D eigenvalue weighted by Crippen LogP contribution is 2.29. The van der Waals surface area contributed by atoms with E-state index in [2.05, 4.69) is 26.2 Å². The molecule has 0 bridgehead atoms. The fraction of sp³-hybridized carbons (Fsp3) is 0.188. The van der Waals surface area contributed by atoms with Crippen LogP contribution >= 0.6 is 11.8 Å². The number of aryl methyl sites for hydroxylation is 2. The Balaban J connectivity index is 1.50. The molecule has 0 saturated heterocycles. The van der Waals surface area contributed by atoms with Gasteiger partial charge in [0.2, 0.25) is 0 Å². The van der Waals surface area contributed by atoms with Crippen molar-refractivity contribution in [3.05, 3.63) is 48.0 Å². The molecule has 1 aliphatic heterocycles. The van der Waals surface area contributed by atoms with Crippen LogP contribution in [0.1, 0.15) is 16.2 Å². The first-order chi connectivity index (χ1) is 11.2. The summed E-state index contributed by atoms with van der Waals surface area (Å²) >= 11 is 1.77. The molecule has 6 nitrogen and oxygen atoms in total. The molecule has 3 heterocycles. The monoisotopic (exact) mass is 326 g/mol. The number of carbonyl (C=O) groups excluding carboxylic acids is 1. The summed E-state index contributed by atoms with van der Waals surface area (Å²) in [7, 11) is 0. The average Bonchev–Trinajstić information content (AvgIpc) is 3.23. The number of fused-ring (bicyclic) bond motifs is 1. The van der Waals surface area contributed by atoms with E-state index in [-0.39, 0.29) is 11.6 Å². The molecule has 0 radical (unpaired) electrons. The topological polar surface area (TPSA) is 73.0 Å². The van der Waals surface area contributed by atoms with Crippen molar-refractivity contribution in [1.82, 2.24) is 14.7 Å². The lowest BCUT2D eigenvalue weighted by Crippen LogP contribution is -2.11. The minimum Gasteiger partial charge on any atom is -0.361 e. The Morgan fingerprint density at radius 3 is 2.87 bits per heavy atom. The normalized spacial score (nSPS) is 13.1. The van der Waals surface area contributed by atoms with E-state index in [0.29, 0.717) is 11.4 Å². The zero-order chi connectivity index (χ0) is 15.8. The Labute approximate surface area is 136 Å². The summed E-state index contributed by atoms with van der Waals surface area (Å²) in [5.41, 5.74) is 2.97. The van der Waals surface area contributed by atoms with Crippen molar-refractivity contribution in [3.63, 3.8) is 0 Å². The molecule has 3 aromatic rings. The van der Waals surface area contributed by atoms with E-state index >= 15 is 0 Å². The van der Waals surface area contributed by atoms with Crippen LogP contribution in [-0.2, 0) is 6.54 Å². The SMILES string of the molecule is Cc1cc(C(=O)Nc2ccc(-c3cn4c(n3)SCC4)cc2)no1. The number of carbonyl (C=O) groups is 1. The van der Waals surface area contributed by atoms with Gasteiger partial charge in [-0.3, -0.25) is 4.79 Å². The molecule has 23 heavy (non-hydrogen) atoms. The third-order valence-corrected chi connectivity index (χ3v) is 4.57. The minimum absolute atomic E-state index is 0.272. The number of aromatic nitrogens is 3. The number of nitrogens with one attached hydrogen (secondary N) is 1. The largest absolute Gasteiger partial charge is 0.361 e.